The average molecular weight is 422 g/mol. The van der Waals surface area contributed by atoms with E-state index >= 15 is 0 Å². The molecule has 0 unspecified atom stereocenters. The number of nitrogens with two attached hydrogens (primary N) is 2. The zero-order valence-electron chi connectivity index (χ0n) is 16.8. The van der Waals surface area contributed by atoms with E-state index in [1.807, 2.05) is 0 Å². The molecule has 0 aliphatic carbocycles. The minimum absolute atomic E-state index is 0.0856. The van der Waals surface area contributed by atoms with E-state index in [1.165, 1.54) is 0 Å². The maximum Gasteiger partial charge on any atom is 0.326 e. The standard InChI is InChI=1S/C20H30N4O6/c21-11-5-4-8-15(20(29)30)23-19(28)16(12-13-6-2-1-3-7-13)24-18(27)14(22)9-10-17(25)26/h1-3,6-7,14-16H,4-5,8-12,21-22H2,(H,23,28)(H,24,27)(H,25,26)(H,29,30)/t14-,15-,16-/m0/s1. The van der Waals surface area contributed by atoms with Crippen molar-refractivity contribution in [2.75, 3.05) is 6.54 Å². The molecule has 0 saturated heterocycles. The van der Waals surface area contributed by atoms with Crippen molar-refractivity contribution in [2.45, 2.75) is 56.7 Å². The minimum Gasteiger partial charge on any atom is -0.481 e. The molecular formula is C20H30N4O6. The predicted octanol–water partition coefficient (Wildman–Crippen LogP) is -0.396. The Morgan fingerprint density at radius 2 is 1.53 bits per heavy atom. The fourth-order valence-electron chi connectivity index (χ4n) is 2.77. The number of carbonyl (C=O) groups excluding carboxylic acids is 2. The smallest absolute Gasteiger partial charge is 0.326 e. The van der Waals surface area contributed by atoms with Crippen LogP contribution in [0.15, 0.2) is 30.3 Å². The molecule has 1 aromatic carbocycles. The van der Waals surface area contributed by atoms with Crippen LogP contribution in [0.2, 0.25) is 0 Å². The third-order valence-corrected chi connectivity index (χ3v) is 4.48. The molecule has 0 radical (unpaired) electrons. The van der Waals surface area contributed by atoms with Crippen LogP contribution >= 0.6 is 0 Å². The van der Waals surface area contributed by atoms with Crippen LogP contribution < -0.4 is 22.1 Å². The summed E-state index contributed by atoms with van der Waals surface area (Å²) < 4.78 is 0. The number of hydrogen-bond acceptors (Lipinski definition) is 6. The number of unbranched alkanes of at least 4 members (excludes halogenated alkanes) is 1. The number of nitrogens with one attached hydrogen (secondary N) is 2. The molecule has 0 spiro atoms. The molecule has 0 aliphatic heterocycles. The third-order valence-electron chi connectivity index (χ3n) is 4.48. The van der Waals surface area contributed by atoms with Crippen LogP contribution in [-0.2, 0) is 25.6 Å². The number of carboxylic acid groups (broad SMARTS) is 2. The van der Waals surface area contributed by atoms with Gasteiger partial charge in [-0.2, -0.15) is 0 Å². The molecular weight excluding hydrogens is 392 g/mol. The molecule has 8 N–H and O–H groups in total. The van der Waals surface area contributed by atoms with Gasteiger partial charge < -0.3 is 32.3 Å². The summed E-state index contributed by atoms with van der Waals surface area (Å²) in [6.45, 7) is 0.418. The summed E-state index contributed by atoms with van der Waals surface area (Å²) in [5.41, 5.74) is 11.9. The summed E-state index contributed by atoms with van der Waals surface area (Å²) in [4.78, 5) is 47.3. The molecule has 0 aromatic heterocycles. The predicted molar refractivity (Wildman–Crippen MR) is 109 cm³/mol. The van der Waals surface area contributed by atoms with Gasteiger partial charge in [0.05, 0.1) is 6.04 Å². The first kappa shape index (κ1) is 25.1. The second kappa shape index (κ2) is 13.3. The molecule has 0 fully saturated rings. The van der Waals surface area contributed by atoms with Gasteiger partial charge in [0.2, 0.25) is 11.8 Å². The number of rotatable bonds is 14. The molecule has 1 rings (SSSR count). The highest BCUT2D eigenvalue weighted by Crippen LogP contribution is 2.07. The monoisotopic (exact) mass is 422 g/mol. The zero-order chi connectivity index (χ0) is 22.5. The van der Waals surface area contributed by atoms with Gasteiger partial charge in [-0.15, -0.1) is 0 Å². The fraction of sp³-hybridized carbons (Fsp3) is 0.500. The van der Waals surface area contributed by atoms with E-state index in [1.54, 1.807) is 30.3 Å². The van der Waals surface area contributed by atoms with E-state index < -0.39 is 41.9 Å². The topological polar surface area (TPSA) is 185 Å². The lowest BCUT2D eigenvalue weighted by Crippen LogP contribution is -2.55. The number of benzene rings is 1. The summed E-state index contributed by atoms with van der Waals surface area (Å²) in [7, 11) is 0. The number of aliphatic carboxylic acids is 2. The number of amides is 2. The second-order valence-corrected chi connectivity index (χ2v) is 6.97. The summed E-state index contributed by atoms with van der Waals surface area (Å²) in [5, 5.41) is 23.1. The van der Waals surface area contributed by atoms with Gasteiger partial charge in [-0.05, 0) is 37.8 Å². The molecule has 2 amide bonds. The first-order valence-corrected chi connectivity index (χ1v) is 9.79. The molecule has 0 bridgehead atoms. The Morgan fingerprint density at radius 1 is 0.900 bits per heavy atom. The Labute approximate surface area is 175 Å². The van der Waals surface area contributed by atoms with Crippen molar-refractivity contribution in [3.8, 4) is 0 Å². The van der Waals surface area contributed by atoms with Crippen LogP contribution in [0.5, 0.6) is 0 Å². The number of carbonyl (C=O) groups is 4. The summed E-state index contributed by atoms with van der Waals surface area (Å²) in [6, 6.07) is 5.62. The molecule has 3 atom stereocenters. The largest absolute Gasteiger partial charge is 0.481 e. The lowest BCUT2D eigenvalue weighted by Gasteiger charge is -2.23. The minimum atomic E-state index is -1.18. The van der Waals surface area contributed by atoms with Crippen molar-refractivity contribution >= 4 is 23.8 Å². The van der Waals surface area contributed by atoms with Crippen LogP contribution in [0.1, 0.15) is 37.7 Å². The lowest BCUT2D eigenvalue weighted by atomic mass is 10.0. The lowest BCUT2D eigenvalue weighted by molar-refractivity contribution is -0.142. The van der Waals surface area contributed by atoms with Crippen molar-refractivity contribution in [2.24, 2.45) is 11.5 Å². The van der Waals surface area contributed by atoms with Crippen molar-refractivity contribution in [3.05, 3.63) is 35.9 Å². The van der Waals surface area contributed by atoms with E-state index in [4.69, 9.17) is 16.6 Å². The Balaban J connectivity index is 2.87. The van der Waals surface area contributed by atoms with Crippen LogP contribution in [-0.4, -0.2) is 58.6 Å². The second-order valence-electron chi connectivity index (χ2n) is 6.97. The molecule has 10 nitrogen and oxygen atoms in total. The van der Waals surface area contributed by atoms with Gasteiger partial charge >= 0.3 is 11.9 Å². The third kappa shape index (κ3) is 9.48. The van der Waals surface area contributed by atoms with Gasteiger partial charge in [0.15, 0.2) is 0 Å². The van der Waals surface area contributed by atoms with Crippen molar-refractivity contribution in [3.63, 3.8) is 0 Å². The van der Waals surface area contributed by atoms with E-state index in [2.05, 4.69) is 10.6 Å². The molecule has 0 heterocycles. The van der Waals surface area contributed by atoms with Crippen molar-refractivity contribution in [1.82, 2.24) is 10.6 Å². The van der Waals surface area contributed by atoms with Crippen LogP contribution in [0.4, 0.5) is 0 Å². The molecule has 0 saturated carbocycles. The molecule has 166 valence electrons. The van der Waals surface area contributed by atoms with Crippen LogP contribution in [0.25, 0.3) is 0 Å². The Morgan fingerprint density at radius 3 is 2.10 bits per heavy atom. The highest BCUT2D eigenvalue weighted by Gasteiger charge is 2.28. The first-order chi connectivity index (χ1) is 14.2. The Bertz CT molecular complexity index is 713. The quantitative estimate of drug-likeness (QED) is 0.219. The number of hydrogen-bond donors (Lipinski definition) is 6. The van der Waals surface area contributed by atoms with Gasteiger partial charge in [0.1, 0.15) is 12.1 Å². The van der Waals surface area contributed by atoms with Crippen molar-refractivity contribution in [1.29, 1.82) is 0 Å². The molecule has 30 heavy (non-hydrogen) atoms. The molecule has 1 aromatic rings. The Kier molecular flexibility index (Phi) is 11.1. The van der Waals surface area contributed by atoms with Crippen molar-refractivity contribution < 1.29 is 29.4 Å². The zero-order valence-corrected chi connectivity index (χ0v) is 16.8. The van der Waals surface area contributed by atoms with Gasteiger partial charge in [-0.1, -0.05) is 30.3 Å². The van der Waals surface area contributed by atoms with Gasteiger partial charge in [-0.25, -0.2) is 4.79 Å². The van der Waals surface area contributed by atoms with Crippen LogP contribution in [0, 0.1) is 0 Å². The first-order valence-electron chi connectivity index (χ1n) is 9.79. The average Bonchev–Trinajstić information content (AvgIpc) is 2.71. The van der Waals surface area contributed by atoms with Gasteiger partial charge in [-0.3, -0.25) is 14.4 Å². The van der Waals surface area contributed by atoms with Gasteiger partial charge in [0, 0.05) is 12.8 Å². The highest BCUT2D eigenvalue weighted by molar-refractivity contribution is 5.92. The van der Waals surface area contributed by atoms with E-state index in [0.29, 0.717) is 19.4 Å². The van der Waals surface area contributed by atoms with E-state index in [9.17, 15) is 24.3 Å². The maximum atomic E-state index is 12.8. The van der Waals surface area contributed by atoms with E-state index in [-0.39, 0.29) is 25.7 Å². The summed E-state index contributed by atoms with van der Waals surface area (Å²) >= 11 is 0. The molecule has 0 aliphatic rings. The molecule has 10 heteroatoms. The highest BCUT2D eigenvalue weighted by atomic mass is 16.4. The summed E-state index contributed by atoms with van der Waals surface area (Å²) in [6.07, 6.45) is 1.12. The van der Waals surface area contributed by atoms with Gasteiger partial charge in [0.25, 0.3) is 0 Å². The summed E-state index contributed by atoms with van der Waals surface area (Å²) in [5.74, 6) is -3.60. The Hall–Kier alpha value is -2.98. The number of carboxylic acids is 2. The van der Waals surface area contributed by atoms with E-state index in [0.717, 1.165) is 5.56 Å². The SMILES string of the molecule is NCCCC[C@H](NC(=O)[C@H](Cc1ccccc1)NC(=O)[C@@H](N)CCC(=O)O)C(=O)O. The van der Waals surface area contributed by atoms with Crippen LogP contribution in [0.3, 0.4) is 0 Å². The normalized spacial score (nSPS) is 13.7. The maximum absolute atomic E-state index is 12.8. The fourth-order valence-corrected chi connectivity index (χ4v) is 2.77.